The second-order valence-corrected chi connectivity index (χ2v) is 3.86. The van der Waals surface area contributed by atoms with E-state index in [1.165, 1.54) is 31.5 Å². The van der Waals surface area contributed by atoms with E-state index in [-0.39, 0.29) is 0 Å². The van der Waals surface area contributed by atoms with Crippen molar-refractivity contribution >= 4 is 0 Å². The fourth-order valence-electron chi connectivity index (χ4n) is 1.62. The van der Waals surface area contributed by atoms with E-state index in [1.807, 2.05) is 0 Å². The Kier molecular flexibility index (Phi) is 5.31. The number of allylic oxidation sites excluding steroid dienone is 5. The first-order chi connectivity index (χ1) is 6.83. The summed E-state index contributed by atoms with van der Waals surface area (Å²) in [6, 6.07) is 0. The predicted octanol–water partition coefficient (Wildman–Crippen LogP) is 3.16. The van der Waals surface area contributed by atoms with Gasteiger partial charge in [-0.3, -0.25) is 0 Å². The van der Waals surface area contributed by atoms with Crippen LogP contribution in [0.4, 0.5) is 0 Å². The summed E-state index contributed by atoms with van der Waals surface area (Å²) in [4.78, 5) is 2.40. The number of nitrogens with zero attached hydrogens (tertiary/aromatic N) is 1. The topological polar surface area (TPSA) is 3.24 Å². The third-order valence-electron chi connectivity index (χ3n) is 2.46. The maximum Gasteiger partial charge on any atom is 0.00187 e. The molecule has 0 aromatic heterocycles. The molecule has 0 spiro atoms. The maximum absolute atomic E-state index is 2.40. The third kappa shape index (κ3) is 4.43. The fourth-order valence-corrected chi connectivity index (χ4v) is 1.62. The van der Waals surface area contributed by atoms with Gasteiger partial charge in [-0.05, 0) is 32.9 Å². The van der Waals surface area contributed by atoms with E-state index in [0.29, 0.717) is 0 Å². The lowest BCUT2D eigenvalue weighted by molar-refractivity contribution is 0.339. The molecular weight excluding hydrogens is 170 g/mol. The Hall–Kier alpha value is -0.820. The van der Waals surface area contributed by atoms with Gasteiger partial charge < -0.3 is 4.90 Å². The van der Waals surface area contributed by atoms with Crippen LogP contribution in [0.5, 0.6) is 0 Å². The molecular formula is C13H21N. The van der Waals surface area contributed by atoms with Gasteiger partial charge in [0.15, 0.2) is 0 Å². The normalized spacial score (nSPS) is 15.8. The molecule has 1 nitrogen and oxygen atoms in total. The first-order valence-corrected chi connectivity index (χ1v) is 5.53. The summed E-state index contributed by atoms with van der Waals surface area (Å²) in [6.07, 6.45) is 14.5. The lowest BCUT2D eigenvalue weighted by atomic mass is 10.1. The summed E-state index contributed by atoms with van der Waals surface area (Å²) in [6.45, 7) is 4.60. The molecule has 78 valence electrons. The zero-order valence-corrected chi connectivity index (χ0v) is 9.37. The second kappa shape index (κ2) is 6.61. The van der Waals surface area contributed by atoms with Crippen molar-refractivity contribution in [2.24, 2.45) is 0 Å². The van der Waals surface area contributed by atoms with E-state index >= 15 is 0 Å². The Labute approximate surface area is 87.8 Å². The van der Waals surface area contributed by atoms with Gasteiger partial charge in [-0.15, -0.1) is 0 Å². The quantitative estimate of drug-likeness (QED) is 0.645. The summed E-state index contributed by atoms with van der Waals surface area (Å²) < 4.78 is 0. The average molecular weight is 191 g/mol. The van der Waals surface area contributed by atoms with Gasteiger partial charge in [-0.2, -0.15) is 0 Å². The van der Waals surface area contributed by atoms with Crippen molar-refractivity contribution in [1.29, 1.82) is 0 Å². The molecule has 0 N–H and O–H groups in total. The van der Waals surface area contributed by atoms with Crippen LogP contribution in [0.3, 0.4) is 0 Å². The molecule has 0 bridgehead atoms. The molecule has 0 unspecified atom stereocenters. The van der Waals surface area contributed by atoms with E-state index in [1.54, 1.807) is 0 Å². The first kappa shape index (κ1) is 11.3. The van der Waals surface area contributed by atoms with Crippen LogP contribution in [-0.4, -0.2) is 25.0 Å². The Bertz CT molecular complexity index is 236. The van der Waals surface area contributed by atoms with E-state index in [4.69, 9.17) is 0 Å². The van der Waals surface area contributed by atoms with Crippen molar-refractivity contribution in [3.05, 3.63) is 36.0 Å². The molecule has 1 aliphatic rings. The minimum Gasteiger partial charge on any atom is -0.306 e. The molecule has 0 aromatic carbocycles. The van der Waals surface area contributed by atoms with Gasteiger partial charge >= 0.3 is 0 Å². The number of hydrogen-bond donors (Lipinski definition) is 0. The van der Waals surface area contributed by atoms with Gasteiger partial charge in [0.1, 0.15) is 0 Å². The summed E-state index contributed by atoms with van der Waals surface area (Å²) in [5.74, 6) is 0. The monoisotopic (exact) mass is 191 g/mol. The first-order valence-electron chi connectivity index (χ1n) is 5.53. The molecule has 1 aliphatic carbocycles. The van der Waals surface area contributed by atoms with E-state index in [2.05, 4.69) is 49.3 Å². The lowest BCUT2D eigenvalue weighted by Gasteiger charge is -2.15. The minimum absolute atomic E-state index is 1.08. The Morgan fingerprint density at radius 3 is 2.93 bits per heavy atom. The van der Waals surface area contributed by atoms with Crippen LogP contribution in [0.1, 0.15) is 26.2 Å². The van der Waals surface area contributed by atoms with Crippen LogP contribution in [0.15, 0.2) is 36.0 Å². The van der Waals surface area contributed by atoms with E-state index < -0.39 is 0 Å². The highest BCUT2D eigenvalue weighted by atomic mass is 15.1. The summed E-state index contributed by atoms with van der Waals surface area (Å²) in [5.41, 5.74) is 1.47. The number of hydrogen-bond acceptors (Lipinski definition) is 1. The largest absolute Gasteiger partial charge is 0.306 e. The fraction of sp³-hybridized carbons (Fsp3) is 0.538. The van der Waals surface area contributed by atoms with Gasteiger partial charge in [0.2, 0.25) is 0 Å². The van der Waals surface area contributed by atoms with E-state index in [9.17, 15) is 0 Å². The third-order valence-corrected chi connectivity index (χ3v) is 2.46. The van der Waals surface area contributed by atoms with Crippen LogP contribution < -0.4 is 0 Å². The molecule has 14 heavy (non-hydrogen) atoms. The average Bonchev–Trinajstić information content (AvgIpc) is 2.43. The van der Waals surface area contributed by atoms with Crippen LogP contribution in [0.25, 0.3) is 0 Å². The van der Waals surface area contributed by atoms with Gasteiger partial charge in [0.05, 0.1) is 0 Å². The Morgan fingerprint density at radius 1 is 1.29 bits per heavy atom. The van der Waals surface area contributed by atoms with Crippen molar-refractivity contribution in [3.8, 4) is 0 Å². The molecule has 0 aromatic rings. The highest BCUT2D eigenvalue weighted by Crippen LogP contribution is 2.09. The molecule has 0 saturated carbocycles. The molecule has 0 radical (unpaired) electrons. The van der Waals surface area contributed by atoms with Gasteiger partial charge in [0, 0.05) is 6.54 Å². The van der Waals surface area contributed by atoms with Crippen LogP contribution in [0, 0.1) is 0 Å². The summed E-state index contributed by atoms with van der Waals surface area (Å²) >= 11 is 0. The zero-order valence-electron chi connectivity index (χ0n) is 9.37. The standard InChI is InChI=1S/C13H21N/c1-3-11-14(2)12-10-13-8-6-4-5-7-9-13/h4-6,8-9H,3,7,10-12H2,1-2H3. The molecule has 0 amide bonds. The van der Waals surface area contributed by atoms with Gasteiger partial charge in [-0.1, -0.05) is 42.9 Å². The van der Waals surface area contributed by atoms with Gasteiger partial charge in [0.25, 0.3) is 0 Å². The minimum atomic E-state index is 1.08. The molecule has 0 heterocycles. The SMILES string of the molecule is CCCN(C)CCC1=CCC=CC=C1. The maximum atomic E-state index is 2.40. The summed E-state index contributed by atoms with van der Waals surface area (Å²) in [7, 11) is 2.20. The highest BCUT2D eigenvalue weighted by molar-refractivity contribution is 5.26. The van der Waals surface area contributed by atoms with Gasteiger partial charge in [-0.25, -0.2) is 0 Å². The van der Waals surface area contributed by atoms with E-state index in [0.717, 1.165) is 6.42 Å². The highest BCUT2D eigenvalue weighted by Gasteiger charge is 1.98. The Morgan fingerprint density at radius 2 is 2.14 bits per heavy atom. The van der Waals surface area contributed by atoms with Crippen molar-refractivity contribution in [1.82, 2.24) is 4.90 Å². The smallest absolute Gasteiger partial charge is 0.00187 e. The predicted molar refractivity (Wildman–Crippen MR) is 63.4 cm³/mol. The van der Waals surface area contributed by atoms with Crippen LogP contribution >= 0.6 is 0 Å². The molecule has 0 aliphatic heterocycles. The molecule has 0 fully saturated rings. The van der Waals surface area contributed by atoms with Crippen LogP contribution in [-0.2, 0) is 0 Å². The van der Waals surface area contributed by atoms with Crippen LogP contribution in [0.2, 0.25) is 0 Å². The zero-order chi connectivity index (χ0) is 10.2. The molecule has 0 atom stereocenters. The van der Waals surface area contributed by atoms with Crippen molar-refractivity contribution in [2.75, 3.05) is 20.1 Å². The van der Waals surface area contributed by atoms with Crippen molar-refractivity contribution < 1.29 is 0 Å². The Balaban J connectivity index is 2.27. The summed E-state index contributed by atoms with van der Waals surface area (Å²) in [5, 5.41) is 0. The molecule has 1 heteroatoms. The second-order valence-electron chi connectivity index (χ2n) is 3.86. The molecule has 0 saturated heterocycles. The van der Waals surface area contributed by atoms with Crippen molar-refractivity contribution in [3.63, 3.8) is 0 Å². The molecule has 1 rings (SSSR count). The number of rotatable bonds is 5. The van der Waals surface area contributed by atoms with Crippen molar-refractivity contribution in [2.45, 2.75) is 26.2 Å². The lowest BCUT2D eigenvalue weighted by Crippen LogP contribution is -2.20.